The van der Waals surface area contributed by atoms with Gasteiger partial charge in [0.1, 0.15) is 0 Å². The molecule has 2 aromatic rings. The highest BCUT2D eigenvalue weighted by molar-refractivity contribution is 6.70. The van der Waals surface area contributed by atoms with Gasteiger partial charge >= 0.3 is 0 Å². The highest BCUT2D eigenvalue weighted by Gasteiger charge is 2.02. The molecule has 0 heterocycles. The van der Waals surface area contributed by atoms with Crippen molar-refractivity contribution in [2.24, 2.45) is 0 Å². The lowest BCUT2D eigenvalue weighted by Crippen LogP contribution is -2.21. The third-order valence-corrected chi connectivity index (χ3v) is 2.90. The molecule has 2 rings (SSSR count). The Hall–Kier alpha value is -1.50. The molecule has 0 unspecified atom stereocenters. The summed E-state index contributed by atoms with van der Waals surface area (Å²) in [5.41, 5.74) is 4.17. The van der Waals surface area contributed by atoms with Gasteiger partial charge in [-0.3, -0.25) is 0 Å². The average Bonchev–Trinajstić information content (AvgIpc) is 2.53. The van der Waals surface area contributed by atoms with Crippen molar-refractivity contribution < 1.29 is 0 Å². The summed E-state index contributed by atoms with van der Waals surface area (Å²) in [6.45, 7) is 13.1. The van der Waals surface area contributed by atoms with Crippen LogP contribution in [0.25, 0.3) is 0 Å². The lowest BCUT2D eigenvalue weighted by Gasteiger charge is -2.05. The van der Waals surface area contributed by atoms with E-state index >= 15 is 0 Å². The van der Waals surface area contributed by atoms with Gasteiger partial charge in [0.2, 0.25) is 0 Å². The molecule has 20 heavy (non-hydrogen) atoms. The molecule has 108 valence electrons. The van der Waals surface area contributed by atoms with E-state index in [0.717, 1.165) is 6.42 Å². The first-order valence-corrected chi connectivity index (χ1v) is 7.88. The van der Waals surface area contributed by atoms with Crippen molar-refractivity contribution in [2.75, 3.05) is 0 Å². The Morgan fingerprint density at radius 1 is 0.650 bits per heavy atom. The van der Waals surface area contributed by atoms with Crippen LogP contribution in [0.4, 0.5) is 0 Å². The molecule has 0 N–H and O–H groups in total. The Kier molecular flexibility index (Phi) is 10.5. The van der Waals surface area contributed by atoms with Crippen LogP contribution in [0.5, 0.6) is 0 Å². The van der Waals surface area contributed by atoms with Gasteiger partial charge in [-0.15, -0.1) is 0 Å². The first kappa shape index (κ1) is 18.5. The largest absolute Gasteiger partial charge is 0.169 e. The van der Waals surface area contributed by atoms with Crippen LogP contribution in [-0.4, -0.2) is 6.71 Å². The van der Waals surface area contributed by atoms with Gasteiger partial charge < -0.3 is 0 Å². The first-order valence-electron chi connectivity index (χ1n) is 7.88. The Bertz CT molecular complexity index is 429. The number of hydrogen-bond donors (Lipinski definition) is 0. The zero-order chi connectivity index (χ0) is 15.4. The lowest BCUT2D eigenvalue weighted by molar-refractivity contribution is 1.20. The molecule has 1 heteroatoms. The Balaban J connectivity index is 0.000000829. The molecular formula is C19H29B. The topological polar surface area (TPSA) is 0 Å². The van der Waals surface area contributed by atoms with Gasteiger partial charge in [0.15, 0.2) is 6.71 Å². The summed E-state index contributed by atoms with van der Waals surface area (Å²) in [4.78, 5) is 0. The molecule has 0 aliphatic heterocycles. The van der Waals surface area contributed by atoms with Crippen molar-refractivity contribution in [3.63, 3.8) is 0 Å². The average molecular weight is 268 g/mol. The minimum Gasteiger partial charge on any atom is -0.0819 e. The first-order chi connectivity index (χ1) is 9.75. The summed E-state index contributed by atoms with van der Waals surface area (Å²) in [5.74, 6) is 0. The third-order valence-electron chi connectivity index (χ3n) is 2.90. The van der Waals surface area contributed by atoms with Crippen LogP contribution in [0, 0.1) is 0 Å². The second kappa shape index (κ2) is 11.3. The third kappa shape index (κ3) is 6.61. The van der Waals surface area contributed by atoms with Crippen LogP contribution < -0.4 is 5.46 Å². The van der Waals surface area contributed by atoms with Gasteiger partial charge in [0, 0.05) is 0 Å². The molecular weight excluding hydrogens is 239 g/mol. The Morgan fingerprint density at radius 2 is 1.10 bits per heavy atom. The predicted octanol–water partition coefficient (Wildman–Crippen LogP) is 5.29. The van der Waals surface area contributed by atoms with E-state index in [4.69, 9.17) is 0 Å². The predicted molar refractivity (Wildman–Crippen MR) is 95.5 cm³/mol. The quantitative estimate of drug-likeness (QED) is 0.663. The van der Waals surface area contributed by atoms with E-state index < -0.39 is 0 Å². The molecule has 0 aliphatic rings. The van der Waals surface area contributed by atoms with Crippen LogP contribution in [0.1, 0.15) is 38.8 Å². The van der Waals surface area contributed by atoms with Gasteiger partial charge in [-0.2, -0.15) is 0 Å². The van der Waals surface area contributed by atoms with Gasteiger partial charge in [-0.1, -0.05) is 101 Å². The SMILES string of the molecule is CB(C)c1ccc(Cc2ccccc2)cc1.CC.CC. The highest BCUT2D eigenvalue weighted by atomic mass is 14.0. The number of rotatable bonds is 3. The summed E-state index contributed by atoms with van der Waals surface area (Å²) in [6.07, 6.45) is 1.03. The Morgan fingerprint density at radius 3 is 1.55 bits per heavy atom. The summed E-state index contributed by atoms with van der Waals surface area (Å²) in [7, 11) is 0. The summed E-state index contributed by atoms with van der Waals surface area (Å²) in [6, 6.07) is 19.6. The molecule has 0 fully saturated rings. The minimum atomic E-state index is 0.616. The maximum Gasteiger partial charge on any atom is 0.169 e. The fourth-order valence-corrected chi connectivity index (χ4v) is 1.85. The second-order valence-electron chi connectivity index (χ2n) is 4.56. The molecule has 0 amide bonds. The van der Waals surface area contributed by atoms with Gasteiger partial charge in [0.05, 0.1) is 0 Å². The van der Waals surface area contributed by atoms with Gasteiger partial charge in [0.25, 0.3) is 0 Å². The van der Waals surface area contributed by atoms with Gasteiger partial charge in [-0.05, 0) is 17.5 Å². The summed E-state index contributed by atoms with van der Waals surface area (Å²) in [5, 5.41) is 0. The van der Waals surface area contributed by atoms with Crippen LogP contribution in [-0.2, 0) is 6.42 Å². The summed E-state index contributed by atoms with van der Waals surface area (Å²) >= 11 is 0. The molecule has 0 atom stereocenters. The van der Waals surface area contributed by atoms with Crippen molar-refractivity contribution in [3.05, 3.63) is 65.7 Å². The van der Waals surface area contributed by atoms with E-state index in [1.54, 1.807) is 0 Å². The molecule has 0 spiro atoms. The standard InChI is InChI=1S/C15H17B.2C2H6/c1-16(2)15-10-8-14(9-11-15)12-13-6-4-3-5-7-13;2*1-2/h3-11H,12H2,1-2H3;2*1-2H3. The zero-order valence-corrected chi connectivity index (χ0v) is 14.0. The van der Waals surface area contributed by atoms with Crippen molar-refractivity contribution in [3.8, 4) is 0 Å². The van der Waals surface area contributed by atoms with Crippen molar-refractivity contribution in [1.29, 1.82) is 0 Å². The van der Waals surface area contributed by atoms with Crippen molar-refractivity contribution in [1.82, 2.24) is 0 Å². The van der Waals surface area contributed by atoms with Crippen LogP contribution in [0.3, 0.4) is 0 Å². The van der Waals surface area contributed by atoms with E-state index in [-0.39, 0.29) is 0 Å². The zero-order valence-electron chi connectivity index (χ0n) is 14.0. The number of hydrogen-bond acceptors (Lipinski definition) is 0. The fraction of sp³-hybridized carbons (Fsp3) is 0.368. The minimum absolute atomic E-state index is 0.616. The molecule has 0 saturated heterocycles. The highest BCUT2D eigenvalue weighted by Crippen LogP contribution is 2.08. The maximum absolute atomic E-state index is 2.24. The van der Waals surface area contributed by atoms with Crippen molar-refractivity contribution in [2.45, 2.75) is 47.8 Å². The molecule has 0 aliphatic carbocycles. The van der Waals surface area contributed by atoms with Crippen molar-refractivity contribution >= 4 is 12.2 Å². The van der Waals surface area contributed by atoms with Crippen LogP contribution in [0.15, 0.2) is 54.6 Å². The molecule has 0 bridgehead atoms. The van der Waals surface area contributed by atoms with E-state index in [0.29, 0.717) is 6.71 Å². The summed E-state index contributed by atoms with van der Waals surface area (Å²) < 4.78 is 0. The fourth-order valence-electron chi connectivity index (χ4n) is 1.85. The van der Waals surface area contributed by atoms with Crippen LogP contribution >= 0.6 is 0 Å². The molecule has 0 radical (unpaired) electrons. The maximum atomic E-state index is 2.24. The smallest absolute Gasteiger partial charge is 0.0819 e. The molecule has 0 saturated carbocycles. The van der Waals surface area contributed by atoms with E-state index in [1.165, 1.54) is 16.6 Å². The number of benzene rings is 2. The van der Waals surface area contributed by atoms with E-state index in [9.17, 15) is 0 Å². The normalized spacial score (nSPS) is 8.70. The molecule has 0 aromatic heterocycles. The molecule has 2 aromatic carbocycles. The van der Waals surface area contributed by atoms with Crippen LogP contribution in [0.2, 0.25) is 13.6 Å². The van der Waals surface area contributed by atoms with E-state index in [2.05, 4.69) is 68.2 Å². The van der Waals surface area contributed by atoms with Gasteiger partial charge in [-0.25, -0.2) is 0 Å². The monoisotopic (exact) mass is 268 g/mol. The second-order valence-corrected chi connectivity index (χ2v) is 4.56. The molecule has 0 nitrogen and oxygen atoms in total. The Labute approximate surface area is 126 Å². The lowest BCUT2D eigenvalue weighted by atomic mass is 9.49. The van der Waals surface area contributed by atoms with E-state index in [1.807, 2.05) is 27.7 Å².